The Kier molecular flexibility index (Phi) is 3.29. The molecule has 0 bridgehead atoms. The first kappa shape index (κ1) is 11.1. The summed E-state index contributed by atoms with van der Waals surface area (Å²) in [4.78, 5) is 15.5. The standard InChI is InChI=1S/C10H11N5O2/c11-9-7-15(14-17-9)5-4-13-10(16)8-2-1-3-12-6-8/h1-3,6-7,11H,4-5H2,(H,13,16). The Morgan fingerprint density at radius 1 is 1.65 bits per heavy atom. The van der Waals surface area contributed by atoms with Crippen LogP contribution in [-0.4, -0.2) is 17.4 Å². The Bertz CT molecular complexity index is 545. The summed E-state index contributed by atoms with van der Waals surface area (Å²) in [6.07, 6.45) is 4.55. The Hall–Kier alpha value is -2.44. The van der Waals surface area contributed by atoms with E-state index in [2.05, 4.69) is 20.1 Å². The van der Waals surface area contributed by atoms with E-state index in [1.54, 1.807) is 18.3 Å². The molecule has 0 aliphatic heterocycles. The minimum atomic E-state index is -0.187. The molecule has 0 fully saturated rings. The highest BCUT2D eigenvalue weighted by molar-refractivity contribution is 5.93. The molecular weight excluding hydrogens is 222 g/mol. The fourth-order valence-electron chi connectivity index (χ4n) is 1.27. The molecule has 2 aromatic heterocycles. The Balaban J connectivity index is 1.83. The van der Waals surface area contributed by atoms with E-state index in [-0.39, 0.29) is 11.5 Å². The number of hydrogen-bond donors (Lipinski definition) is 2. The summed E-state index contributed by atoms with van der Waals surface area (Å²) in [6, 6.07) is 3.39. The van der Waals surface area contributed by atoms with Crippen molar-refractivity contribution in [3.63, 3.8) is 0 Å². The monoisotopic (exact) mass is 233 g/mol. The number of nitrogens with zero attached hydrogens (tertiary/aromatic N) is 3. The lowest BCUT2D eigenvalue weighted by molar-refractivity contribution is -0.765. The SMILES string of the molecule is N=c1c[n+](CCNC(=O)c2cccnc2)[n-]o1. The second-order valence-corrected chi connectivity index (χ2v) is 3.33. The predicted molar refractivity (Wildman–Crippen MR) is 54.6 cm³/mol. The Morgan fingerprint density at radius 2 is 2.53 bits per heavy atom. The van der Waals surface area contributed by atoms with Crippen molar-refractivity contribution in [3.05, 3.63) is 41.8 Å². The molecule has 7 nitrogen and oxygen atoms in total. The zero-order chi connectivity index (χ0) is 12.1. The molecule has 0 saturated heterocycles. The number of rotatable bonds is 4. The highest BCUT2D eigenvalue weighted by atomic mass is 16.5. The van der Waals surface area contributed by atoms with Crippen molar-refractivity contribution in [2.45, 2.75) is 6.54 Å². The average molecular weight is 233 g/mol. The first-order chi connectivity index (χ1) is 8.25. The molecule has 88 valence electrons. The summed E-state index contributed by atoms with van der Waals surface area (Å²) in [5.74, 6) is -0.187. The van der Waals surface area contributed by atoms with Crippen LogP contribution < -0.4 is 20.8 Å². The number of carbonyl (C=O) groups excluding carboxylic acids is 1. The van der Waals surface area contributed by atoms with Gasteiger partial charge in [-0.3, -0.25) is 20.5 Å². The molecule has 0 aliphatic carbocycles. The van der Waals surface area contributed by atoms with Gasteiger partial charge in [-0.2, -0.15) is 0 Å². The molecule has 0 aromatic carbocycles. The van der Waals surface area contributed by atoms with Crippen LogP contribution in [0.1, 0.15) is 10.4 Å². The lowest BCUT2D eigenvalue weighted by Crippen LogP contribution is -2.43. The van der Waals surface area contributed by atoms with Gasteiger partial charge in [-0.25, -0.2) is 4.68 Å². The van der Waals surface area contributed by atoms with E-state index in [1.165, 1.54) is 17.1 Å². The maximum absolute atomic E-state index is 11.6. The summed E-state index contributed by atoms with van der Waals surface area (Å²) in [5.41, 5.74) is 0.502. The predicted octanol–water partition coefficient (Wildman–Crippen LogP) is -1.17. The van der Waals surface area contributed by atoms with E-state index in [1.807, 2.05) is 0 Å². The average Bonchev–Trinajstić information content (AvgIpc) is 2.76. The van der Waals surface area contributed by atoms with E-state index in [9.17, 15) is 4.79 Å². The first-order valence-corrected chi connectivity index (χ1v) is 5.02. The van der Waals surface area contributed by atoms with Crippen LogP contribution in [0.15, 0.2) is 35.2 Å². The van der Waals surface area contributed by atoms with Gasteiger partial charge < -0.3 is 9.84 Å². The zero-order valence-electron chi connectivity index (χ0n) is 8.96. The van der Waals surface area contributed by atoms with Crippen molar-refractivity contribution in [2.75, 3.05) is 6.54 Å². The van der Waals surface area contributed by atoms with Crippen LogP contribution in [0.4, 0.5) is 0 Å². The van der Waals surface area contributed by atoms with Gasteiger partial charge in [0.25, 0.3) is 11.5 Å². The number of pyridine rings is 1. The molecule has 17 heavy (non-hydrogen) atoms. The van der Waals surface area contributed by atoms with Gasteiger partial charge >= 0.3 is 0 Å². The maximum Gasteiger partial charge on any atom is 0.264 e. The van der Waals surface area contributed by atoms with Crippen LogP contribution in [0, 0.1) is 5.41 Å². The van der Waals surface area contributed by atoms with Gasteiger partial charge in [0, 0.05) is 12.4 Å². The van der Waals surface area contributed by atoms with Crippen molar-refractivity contribution in [3.8, 4) is 0 Å². The van der Waals surface area contributed by atoms with Crippen LogP contribution >= 0.6 is 0 Å². The zero-order valence-corrected chi connectivity index (χ0v) is 8.96. The van der Waals surface area contributed by atoms with Crippen LogP contribution in [0.25, 0.3) is 0 Å². The summed E-state index contributed by atoms with van der Waals surface area (Å²) < 4.78 is 6.01. The first-order valence-electron chi connectivity index (χ1n) is 5.02. The number of amides is 1. The molecule has 0 atom stereocenters. The smallest absolute Gasteiger partial charge is 0.264 e. The van der Waals surface area contributed by atoms with Gasteiger partial charge in [-0.05, 0) is 12.1 Å². The van der Waals surface area contributed by atoms with Crippen LogP contribution in [0.5, 0.6) is 0 Å². The third kappa shape index (κ3) is 3.00. The number of carbonyl (C=O) groups is 1. The van der Waals surface area contributed by atoms with E-state index < -0.39 is 0 Å². The van der Waals surface area contributed by atoms with Gasteiger partial charge in [0.05, 0.1) is 12.1 Å². The van der Waals surface area contributed by atoms with Gasteiger partial charge in [-0.15, -0.1) is 0 Å². The van der Waals surface area contributed by atoms with Gasteiger partial charge in [0.1, 0.15) is 0 Å². The Morgan fingerprint density at radius 3 is 3.18 bits per heavy atom. The highest BCUT2D eigenvalue weighted by Crippen LogP contribution is 1.93. The summed E-state index contributed by atoms with van der Waals surface area (Å²) >= 11 is 0. The Labute approximate surface area is 96.6 Å². The molecule has 2 rings (SSSR count). The number of hydrogen-bond acceptors (Lipinski definition) is 4. The second-order valence-electron chi connectivity index (χ2n) is 3.33. The van der Waals surface area contributed by atoms with E-state index in [4.69, 9.17) is 5.41 Å². The van der Waals surface area contributed by atoms with Gasteiger partial charge in [0.2, 0.25) is 6.20 Å². The molecule has 7 heteroatoms. The molecule has 1 amide bonds. The summed E-state index contributed by atoms with van der Waals surface area (Å²) in [5, 5.41) is 13.4. The molecule has 2 aromatic rings. The summed E-state index contributed by atoms with van der Waals surface area (Å²) in [6.45, 7) is 0.860. The van der Waals surface area contributed by atoms with E-state index in [0.717, 1.165) is 0 Å². The topological polar surface area (TPSA) is 97.0 Å². The van der Waals surface area contributed by atoms with Crippen LogP contribution in [-0.2, 0) is 6.54 Å². The maximum atomic E-state index is 11.6. The normalized spacial score (nSPS) is 10.1. The molecular formula is C10H11N5O2. The van der Waals surface area contributed by atoms with Crippen molar-refractivity contribution in [2.24, 2.45) is 0 Å². The molecule has 2 heterocycles. The van der Waals surface area contributed by atoms with Crippen molar-refractivity contribution < 1.29 is 14.0 Å². The molecule has 0 spiro atoms. The van der Waals surface area contributed by atoms with Crippen LogP contribution in [0.3, 0.4) is 0 Å². The fourth-order valence-corrected chi connectivity index (χ4v) is 1.27. The lowest BCUT2D eigenvalue weighted by atomic mass is 10.3. The van der Waals surface area contributed by atoms with Crippen molar-refractivity contribution in [1.82, 2.24) is 15.6 Å². The third-order valence-electron chi connectivity index (χ3n) is 2.06. The third-order valence-corrected chi connectivity index (χ3v) is 2.06. The minimum absolute atomic E-state index is 0.0106. The number of aromatic nitrogens is 3. The molecule has 0 radical (unpaired) electrons. The van der Waals surface area contributed by atoms with Crippen molar-refractivity contribution >= 4 is 5.91 Å². The van der Waals surface area contributed by atoms with E-state index in [0.29, 0.717) is 18.7 Å². The minimum Gasteiger partial charge on any atom is -0.487 e. The second kappa shape index (κ2) is 5.06. The lowest BCUT2D eigenvalue weighted by Gasteiger charge is -2.02. The molecule has 2 N–H and O–H groups in total. The van der Waals surface area contributed by atoms with Crippen LogP contribution in [0.2, 0.25) is 0 Å². The largest absolute Gasteiger partial charge is 0.487 e. The molecule has 0 saturated carbocycles. The summed E-state index contributed by atoms with van der Waals surface area (Å²) in [7, 11) is 0. The van der Waals surface area contributed by atoms with Gasteiger partial charge in [-0.1, -0.05) is 0 Å². The van der Waals surface area contributed by atoms with Gasteiger partial charge in [0.15, 0.2) is 6.54 Å². The van der Waals surface area contributed by atoms with Crippen molar-refractivity contribution in [1.29, 1.82) is 5.41 Å². The fraction of sp³-hybridized carbons (Fsp3) is 0.200. The van der Waals surface area contributed by atoms with E-state index >= 15 is 0 Å². The quantitative estimate of drug-likeness (QED) is 0.650. The molecule has 0 unspecified atom stereocenters. The molecule has 0 aliphatic rings. The highest BCUT2D eigenvalue weighted by Gasteiger charge is 2.04. The number of nitrogens with one attached hydrogen (secondary N) is 2.